The molecule has 2 aliphatic heterocycles. The van der Waals surface area contributed by atoms with E-state index >= 15 is 0 Å². The van der Waals surface area contributed by atoms with E-state index in [4.69, 9.17) is 9.47 Å². The number of rotatable bonds is 5. The summed E-state index contributed by atoms with van der Waals surface area (Å²) in [6, 6.07) is 8.04. The Hall–Kier alpha value is -1.75. The third-order valence-electron chi connectivity index (χ3n) is 4.95. The summed E-state index contributed by atoms with van der Waals surface area (Å²) >= 11 is 0. The molecule has 2 atom stereocenters. The molecule has 0 bridgehead atoms. The highest BCUT2D eigenvalue weighted by Gasteiger charge is 2.48. The molecule has 2 heterocycles. The lowest BCUT2D eigenvalue weighted by atomic mass is 10.1. The third kappa shape index (κ3) is 2.54. The van der Waals surface area contributed by atoms with Gasteiger partial charge >= 0.3 is 6.09 Å². The van der Waals surface area contributed by atoms with Crippen LogP contribution in [-0.4, -0.2) is 54.8 Å². The number of carbonyl (C=O) groups excluding carboxylic acids is 1. The lowest BCUT2D eigenvalue weighted by molar-refractivity contribution is 0.119. The van der Waals surface area contributed by atoms with E-state index in [9.17, 15) is 4.79 Å². The van der Waals surface area contributed by atoms with Gasteiger partial charge in [0.25, 0.3) is 0 Å². The third-order valence-corrected chi connectivity index (χ3v) is 4.95. The van der Waals surface area contributed by atoms with E-state index in [1.807, 2.05) is 29.2 Å². The summed E-state index contributed by atoms with van der Waals surface area (Å²) in [7, 11) is 1.66. The minimum Gasteiger partial charge on any atom is -0.496 e. The average molecular weight is 302 g/mol. The molecule has 0 radical (unpaired) electrons. The average Bonchev–Trinajstić information content (AvgIpc) is 3.18. The predicted molar refractivity (Wildman–Crippen MR) is 81.8 cm³/mol. The van der Waals surface area contributed by atoms with E-state index in [-0.39, 0.29) is 18.2 Å². The standard InChI is InChI=1S/C17H22N2O3/c1-21-15-5-3-2-4-13(15)9-19-14-10-18(8-12-6-7-12)11-16(14)22-17(19)20/h2-5,12,14,16H,6-11H2,1H3/t14-,16+/m0/s1. The van der Waals surface area contributed by atoms with Gasteiger partial charge in [0.2, 0.25) is 0 Å². The molecule has 1 aromatic carbocycles. The van der Waals surface area contributed by atoms with Crippen molar-refractivity contribution in [2.45, 2.75) is 31.5 Å². The molecule has 1 aromatic rings. The maximum Gasteiger partial charge on any atom is 0.410 e. The van der Waals surface area contributed by atoms with E-state index in [1.54, 1.807) is 7.11 Å². The van der Waals surface area contributed by atoms with Crippen molar-refractivity contribution >= 4 is 6.09 Å². The Morgan fingerprint density at radius 1 is 1.27 bits per heavy atom. The topological polar surface area (TPSA) is 42.0 Å². The molecule has 1 aliphatic carbocycles. The molecule has 5 nitrogen and oxygen atoms in total. The van der Waals surface area contributed by atoms with Gasteiger partial charge in [-0.3, -0.25) is 9.80 Å². The molecule has 0 N–H and O–H groups in total. The van der Waals surface area contributed by atoms with Gasteiger partial charge in [0.05, 0.1) is 19.7 Å². The molecule has 0 spiro atoms. The second-order valence-corrected chi connectivity index (χ2v) is 6.59. The fraction of sp³-hybridized carbons (Fsp3) is 0.588. The summed E-state index contributed by atoms with van der Waals surface area (Å²) in [6.45, 7) is 3.53. The van der Waals surface area contributed by atoms with Gasteiger partial charge in [-0.1, -0.05) is 18.2 Å². The molecular formula is C17H22N2O3. The van der Waals surface area contributed by atoms with Crippen molar-refractivity contribution in [1.29, 1.82) is 0 Å². The maximum atomic E-state index is 12.2. The molecule has 3 fully saturated rings. The van der Waals surface area contributed by atoms with Gasteiger partial charge in [-0.2, -0.15) is 0 Å². The Labute approximate surface area is 130 Å². The highest BCUT2D eigenvalue weighted by molar-refractivity contribution is 5.71. The van der Waals surface area contributed by atoms with Crippen molar-refractivity contribution in [2.24, 2.45) is 5.92 Å². The number of amides is 1. The van der Waals surface area contributed by atoms with Gasteiger partial charge in [-0.25, -0.2) is 4.79 Å². The molecule has 1 amide bonds. The van der Waals surface area contributed by atoms with E-state index in [0.717, 1.165) is 36.9 Å². The zero-order valence-corrected chi connectivity index (χ0v) is 12.9. The van der Waals surface area contributed by atoms with Crippen LogP contribution in [0.25, 0.3) is 0 Å². The normalized spacial score (nSPS) is 27.9. The molecule has 22 heavy (non-hydrogen) atoms. The largest absolute Gasteiger partial charge is 0.496 e. The fourth-order valence-electron chi connectivity index (χ4n) is 3.59. The molecule has 118 valence electrons. The monoisotopic (exact) mass is 302 g/mol. The van der Waals surface area contributed by atoms with Crippen LogP contribution in [0.15, 0.2) is 24.3 Å². The second-order valence-electron chi connectivity index (χ2n) is 6.59. The molecule has 4 rings (SSSR count). The number of likely N-dealkylation sites (tertiary alicyclic amines) is 1. The molecule has 0 unspecified atom stereocenters. The minimum atomic E-state index is -0.188. The van der Waals surface area contributed by atoms with Crippen LogP contribution in [0.1, 0.15) is 18.4 Å². The van der Waals surface area contributed by atoms with Gasteiger partial charge in [0.1, 0.15) is 11.9 Å². The molecule has 2 saturated heterocycles. The summed E-state index contributed by atoms with van der Waals surface area (Å²) in [5, 5.41) is 0. The van der Waals surface area contributed by atoms with E-state index in [1.165, 1.54) is 12.8 Å². The Morgan fingerprint density at radius 3 is 2.86 bits per heavy atom. The van der Waals surface area contributed by atoms with Gasteiger partial charge in [0, 0.05) is 25.2 Å². The first-order valence-corrected chi connectivity index (χ1v) is 8.06. The Kier molecular flexibility index (Phi) is 3.45. The number of hydrogen-bond donors (Lipinski definition) is 0. The first-order chi connectivity index (χ1) is 10.7. The summed E-state index contributed by atoms with van der Waals surface area (Å²) in [5.74, 6) is 1.70. The molecule has 0 aromatic heterocycles. The number of hydrogen-bond acceptors (Lipinski definition) is 4. The number of methoxy groups -OCH3 is 1. The van der Waals surface area contributed by atoms with Crippen LogP contribution < -0.4 is 4.74 Å². The van der Waals surface area contributed by atoms with Gasteiger partial charge in [-0.15, -0.1) is 0 Å². The van der Waals surface area contributed by atoms with Crippen LogP contribution in [0.4, 0.5) is 4.79 Å². The van der Waals surface area contributed by atoms with Gasteiger partial charge in [0.15, 0.2) is 0 Å². The van der Waals surface area contributed by atoms with Crippen molar-refractivity contribution in [1.82, 2.24) is 9.80 Å². The number of ether oxygens (including phenoxy) is 2. The maximum absolute atomic E-state index is 12.2. The molecule has 5 heteroatoms. The van der Waals surface area contributed by atoms with E-state index in [0.29, 0.717) is 6.54 Å². The zero-order valence-electron chi connectivity index (χ0n) is 12.9. The SMILES string of the molecule is COc1ccccc1CN1C(=O)O[C@@H]2CN(CC3CC3)C[C@@H]21. The predicted octanol–water partition coefficient (Wildman–Crippen LogP) is 2.11. The number of nitrogens with zero attached hydrogens (tertiary/aromatic N) is 2. The first-order valence-electron chi connectivity index (χ1n) is 8.06. The highest BCUT2D eigenvalue weighted by Crippen LogP contribution is 2.34. The van der Waals surface area contributed by atoms with Crippen molar-refractivity contribution in [3.05, 3.63) is 29.8 Å². The number of carbonyl (C=O) groups is 1. The lowest BCUT2D eigenvalue weighted by Crippen LogP contribution is -2.37. The van der Waals surface area contributed by atoms with E-state index < -0.39 is 0 Å². The molecular weight excluding hydrogens is 280 g/mol. The summed E-state index contributed by atoms with van der Waals surface area (Å²) in [6.07, 6.45) is 2.56. The quantitative estimate of drug-likeness (QED) is 0.835. The Morgan fingerprint density at radius 2 is 2.09 bits per heavy atom. The fourth-order valence-corrected chi connectivity index (χ4v) is 3.59. The zero-order chi connectivity index (χ0) is 15.1. The Bertz CT molecular complexity index is 573. The highest BCUT2D eigenvalue weighted by atomic mass is 16.6. The minimum absolute atomic E-state index is 0.0287. The van der Waals surface area contributed by atoms with E-state index in [2.05, 4.69) is 4.90 Å². The van der Waals surface area contributed by atoms with Crippen molar-refractivity contribution < 1.29 is 14.3 Å². The second kappa shape index (κ2) is 5.47. The summed E-state index contributed by atoms with van der Waals surface area (Å²) < 4.78 is 11.0. The van der Waals surface area contributed by atoms with Gasteiger partial charge < -0.3 is 9.47 Å². The van der Waals surface area contributed by atoms with Crippen LogP contribution in [0.5, 0.6) is 5.75 Å². The van der Waals surface area contributed by atoms with Crippen LogP contribution in [0.2, 0.25) is 0 Å². The van der Waals surface area contributed by atoms with Crippen LogP contribution in [0, 0.1) is 5.92 Å². The van der Waals surface area contributed by atoms with Gasteiger partial charge in [-0.05, 0) is 24.8 Å². The van der Waals surface area contributed by atoms with Crippen molar-refractivity contribution in [2.75, 3.05) is 26.7 Å². The number of fused-ring (bicyclic) bond motifs is 1. The molecule has 3 aliphatic rings. The van der Waals surface area contributed by atoms with Crippen LogP contribution in [-0.2, 0) is 11.3 Å². The molecule has 1 saturated carbocycles. The van der Waals surface area contributed by atoms with Crippen LogP contribution in [0.3, 0.4) is 0 Å². The van der Waals surface area contributed by atoms with Crippen LogP contribution >= 0.6 is 0 Å². The summed E-state index contributed by atoms with van der Waals surface area (Å²) in [4.78, 5) is 16.5. The Balaban J connectivity index is 1.47. The lowest BCUT2D eigenvalue weighted by Gasteiger charge is -2.23. The number of para-hydroxylation sites is 1. The number of benzene rings is 1. The summed E-state index contributed by atoms with van der Waals surface area (Å²) in [5.41, 5.74) is 1.03. The van der Waals surface area contributed by atoms with Crippen molar-refractivity contribution in [3.8, 4) is 5.75 Å². The van der Waals surface area contributed by atoms with Crippen molar-refractivity contribution in [3.63, 3.8) is 0 Å². The smallest absolute Gasteiger partial charge is 0.410 e. The first kappa shape index (κ1) is 13.9.